The molecule has 0 amide bonds. The van der Waals surface area contributed by atoms with Crippen LogP contribution in [0.3, 0.4) is 0 Å². The van der Waals surface area contributed by atoms with E-state index in [9.17, 15) is 0 Å². The fourth-order valence-electron chi connectivity index (χ4n) is 2.37. The summed E-state index contributed by atoms with van der Waals surface area (Å²) in [5.41, 5.74) is 1.41. The first kappa shape index (κ1) is 12.9. The zero-order valence-electron chi connectivity index (χ0n) is 11.4. The maximum Gasteiger partial charge on any atom is 0.119 e. The van der Waals surface area contributed by atoms with Crippen molar-refractivity contribution in [1.82, 2.24) is 5.32 Å². The molecule has 0 aliphatic rings. The predicted molar refractivity (Wildman–Crippen MR) is 77.5 cm³/mol. The van der Waals surface area contributed by atoms with Crippen LogP contribution in [0.4, 0.5) is 0 Å². The number of nitrogens with one attached hydrogen (secondary N) is 1. The summed E-state index contributed by atoms with van der Waals surface area (Å²) in [4.78, 5) is 0. The summed E-state index contributed by atoms with van der Waals surface area (Å²) >= 11 is 0. The zero-order chi connectivity index (χ0) is 13.0. The van der Waals surface area contributed by atoms with Crippen molar-refractivity contribution in [2.24, 2.45) is 0 Å². The van der Waals surface area contributed by atoms with Crippen molar-refractivity contribution in [3.05, 3.63) is 42.0 Å². The maximum absolute atomic E-state index is 5.25. The van der Waals surface area contributed by atoms with Crippen molar-refractivity contribution in [2.75, 3.05) is 20.7 Å². The molecule has 0 radical (unpaired) electrons. The largest absolute Gasteiger partial charge is 0.497 e. The van der Waals surface area contributed by atoms with Crippen LogP contribution in [0, 0.1) is 0 Å². The SMILES string of the molecule is CCC(CNC)c1ccc2cc(OC)ccc2c1. The van der Waals surface area contributed by atoms with Crippen molar-refractivity contribution < 1.29 is 4.74 Å². The first-order chi connectivity index (χ1) is 8.78. The molecule has 0 aliphatic carbocycles. The van der Waals surface area contributed by atoms with E-state index in [4.69, 9.17) is 4.74 Å². The number of hydrogen-bond donors (Lipinski definition) is 1. The summed E-state index contributed by atoms with van der Waals surface area (Å²) in [6.07, 6.45) is 1.16. The van der Waals surface area contributed by atoms with Crippen molar-refractivity contribution >= 4 is 10.8 Å². The number of rotatable bonds is 5. The van der Waals surface area contributed by atoms with Crippen molar-refractivity contribution in [3.8, 4) is 5.75 Å². The minimum Gasteiger partial charge on any atom is -0.497 e. The first-order valence-electron chi connectivity index (χ1n) is 6.50. The Bertz CT molecular complexity index is 521. The van der Waals surface area contributed by atoms with Gasteiger partial charge in [-0.1, -0.05) is 31.2 Å². The number of hydrogen-bond acceptors (Lipinski definition) is 2. The number of ether oxygens (including phenoxy) is 1. The van der Waals surface area contributed by atoms with Gasteiger partial charge in [-0.3, -0.25) is 0 Å². The van der Waals surface area contributed by atoms with E-state index in [1.807, 2.05) is 13.1 Å². The van der Waals surface area contributed by atoms with Gasteiger partial charge in [0.2, 0.25) is 0 Å². The molecule has 2 aromatic carbocycles. The molecule has 0 saturated carbocycles. The molecule has 0 heterocycles. The van der Waals surface area contributed by atoms with Gasteiger partial charge in [0.05, 0.1) is 7.11 Å². The summed E-state index contributed by atoms with van der Waals surface area (Å²) in [6.45, 7) is 3.26. The molecular formula is C16H21NO. The molecule has 2 nitrogen and oxygen atoms in total. The summed E-state index contributed by atoms with van der Waals surface area (Å²) in [5, 5.41) is 5.78. The van der Waals surface area contributed by atoms with Gasteiger partial charge in [0.15, 0.2) is 0 Å². The third-order valence-electron chi connectivity index (χ3n) is 3.49. The summed E-state index contributed by atoms with van der Waals surface area (Å²) in [7, 11) is 3.71. The standard InChI is InChI=1S/C16H21NO/c1-4-12(11-17-2)13-5-6-15-10-16(18-3)8-7-14(15)9-13/h5-10,12,17H,4,11H2,1-3H3. The lowest BCUT2D eigenvalue weighted by molar-refractivity contribution is 0.415. The van der Waals surface area contributed by atoms with Crippen molar-refractivity contribution in [3.63, 3.8) is 0 Å². The van der Waals surface area contributed by atoms with Gasteiger partial charge < -0.3 is 10.1 Å². The van der Waals surface area contributed by atoms with Crippen LogP contribution < -0.4 is 10.1 Å². The average molecular weight is 243 g/mol. The highest BCUT2D eigenvalue weighted by Crippen LogP contribution is 2.26. The van der Waals surface area contributed by atoms with Gasteiger partial charge in [-0.2, -0.15) is 0 Å². The Balaban J connectivity index is 2.37. The quantitative estimate of drug-likeness (QED) is 0.867. The Morgan fingerprint density at radius 2 is 1.83 bits per heavy atom. The highest BCUT2D eigenvalue weighted by Gasteiger charge is 2.08. The lowest BCUT2D eigenvalue weighted by Crippen LogP contribution is -2.16. The topological polar surface area (TPSA) is 21.3 Å². The van der Waals surface area contributed by atoms with Crippen LogP contribution in [0.1, 0.15) is 24.8 Å². The molecule has 2 heteroatoms. The van der Waals surface area contributed by atoms with E-state index in [-0.39, 0.29) is 0 Å². The van der Waals surface area contributed by atoms with E-state index in [0.29, 0.717) is 5.92 Å². The Kier molecular flexibility index (Phi) is 4.21. The number of likely N-dealkylation sites (N-methyl/N-ethyl adjacent to an activating group) is 1. The van der Waals surface area contributed by atoms with Gasteiger partial charge >= 0.3 is 0 Å². The summed E-state index contributed by atoms with van der Waals surface area (Å²) in [6, 6.07) is 12.9. The maximum atomic E-state index is 5.25. The smallest absolute Gasteiger partial charge is 0.119 e. The van der Waals surface area contributed by atoms with Crippen LogP contribution in [-0.2, 0) is 0 Å². The molecule has 18 heavy (non-hydrogen) atoms. The third kappa shape index (κ3) is 2.65. The molecule has 0 saturated heterocycles. The van der Waals surface area contributed by atoms with E-state index in [2.05, 4.69) is 42.6 Å². The molecule has 0 spiro atoms. The Morgan fingerprint density at radius 1 is 1.11 bits per heavy atom. The minimum absolute atomic E-state index is 0.585. The fourth-order valence-corrected chi connectivity index (χ4v) is 2.37. The number of benzene rings is 2. The molecule has 0 aliphatic heterocycles. The van der Waals surface area contributed by atoms with Crippen LogP contribution in [0.15, 0.2) is 36.4 Å². The molecule has 1 unspecified atom stereocenters. The van der Waals surface area contributed by atoms with Gasteiger partial charge in [-0.05, 0) is 47.9 Å². The summed E-state index contributed by atoms with van der Waals surface area (Å²) < 4.78 is 5.25. The molecule has 0 aromatic heterocycles. The van der Waals surface area contributed by atoms with E-state index in [0.717, 1.165) is 18.7 Å². The Hall–Kier alpha value is -1.54. The second-order valence-electron chi connectivity index (χ2n) is 4.64. The Morgan fingerprint density at radius 3 is 2.50 bits per heavy atom. The Labute approximate surface area is 109 Å². The summed E-state index contributed by atoms with van der Waals surface area (Å²) in [5.74, 6) is 1.50. The highest BCUT2D eigenvalue weighted by molar-refractivity contribution is 5.84. The first-order valence-corrected chi connectivity index (χ1v) is 6.50. The second-order valence-corrected chi connectivity index (χ2v) is 4.64. The number of methoxy groups -OCH3 is 1. The number of fused-ring (bicyclic) bond motifs is 1. The van der Waals surface area contributed by atoms with Crippen LogP contribution in [0.2, 0.25) is 0 Å². The van der Waals surface area contributed by atoms with Crippen LogP contribution in [-0.4, -0.2) is 20.7 Å². The van der Waals surface area contributed by atoms with E-state index in [1.165, 1.54) is 16.3 Å². The third-order valence-corrected chi connectivity index (χ3v) is 3.49. The van der Waals surface area contributed by atoms with Gasteiger partial charge in [0, 0.05) is 6.54 Å². The minimum atomic E-state index is 0.585. The normalized spacial score (nSPS) is 12.6. The van der Waals surface area contributed by atoms with Gasteiger partial charge in [-0.15, -0.1) is 0 Å². The van der Waals surface area contributed by atoms with Crippen LogP contribution in [0.25, 0.3) is 10.8 Å². The van der Waals surface area contributed by atoms with Crippen LogP contribution >= 0.6 is 0 Å². The predicted octanol–water partition coefficient (Wildman–Crippen LogP) is 3.56. The fraction of sp³-hybridized carbons (Fsp3) is 0.375. The lowest BCUT2D eigenvalue weighted by atomic mass is 9.94. The van der Waals surface area contributed by atoms with E-state index in [1.54, 1.807) is 7.11 Å². The van der Waals surface area contributed by atoms with Gasteiger partial charge in [0.25, 0.3) is 0 Å². The monoisotopic (exact) mass is 243 g/mol. The van der Waals surface area contributed by atoms with Gasteiger partial charge in [-0.25, -0.2) is 0 Å². The molecule has 0 fully saturated rings. The second kappa shape index (κ2) is 5.87. The highest BCUT2D eigenvalue weighted by atomic mass is 16.5. The van der Waals surface area contributed by atoms with Crippen molar-refractivity contribution in [1.29, 1.82) is 0 Å². The molecular weight excluding hydrogens is 222 g/mol. The molecule has 1 atom stereocenters. The van der Waals surface area contributed by atoms with Crippen molar-refractivity contribution in [2.45, 2.75) is 19.3 Å². The zero-order valence-corrected chi connectivity index (χ0v) is 11.4. The van der Waals surface area contributed by atoms with Crippen LogP contribution in [0.5, 0.6) is 5.75 Å². The molecule has 2 rings (SSSR count). The van der Waals surface area contributed by atoms with E-state index < -0.39 is 0 Å². The van der Waals surface area contributed by atoms with E-state index >= 15 is 0 Å². The molecule has 2 aromatic rings. The molecule has 96 valence electrons. The average Bonchev–Trinajstić information content (AvgIpc) is 2.43. The molecule has 0 bridgehead atoms. The van der Waals surface area contributed by atoms with Gasteiger partial charge in [0.1, 0.15) is 5.75 Å². The lowest BCUT2D eigenvalue weighted by Gasteiger charge is -2.15. The molecule has 1 N–H and O–H groups in total.